The number of anilines is 1. The molecule has 0 aromatic heterocycles. The first-order valence-electron chi connectivity index (χ1n) is 6.95. The number of carboxylic acids is 1. The van der Waals surface area contributed by atoms with Crippen LogP contribution in [-0.4, -0.2) is 42.1 Å². The number of amides is 2. The Bertz CT molecular complexity index is 614. The molecule has 0 saturated carbocycles. The van der Waals surface area contributed by atoms with Crippen molar-refractivity contribution in [2.75, 3.05) is 12.4 Å². The summed E-state index contributed by atoms with van der Waals surface area (Å²) in [5, 5.41) is 14.1. The Kier molecular flexibility index (Phi) is 4.77. The van der Waals surface area contributed by atoms with Crippen LogP contribution >= 0.6 is 0 Å². The van der Waals surface area contributed by atoms with Crippen LogP contribution in [0.3, 0.4) is 0 Å². The zero-order chi connectivity index (χ0) is 16.3. The highest BCUT2D eigenvalue weighted by atomic mass is 16.5. The Morgan fingerprint density at radius 2 is 1.91 bits per heavy atom. The maximum absolute atomic E-state index is 12.2. The van der Waals surface area contributed by atoms with E-state index in [2.05, 4.69) is 10.6 Å². The highest BCUT2D eigenvalue weighted by Gasteiger charge is 2.34. The smallest absolute Gasteiger partial charge is 0.332 e. The number of hydrogen-bond donors (Lipinski definition) is 3. The van der Waals surface area contributed by atoms with Crippen molar-refractivity contribution in [2.45, 2.75) is 32.0 Å². The van der Waals surface area contributed by atoms with Gasteiger partial charge in [-0.25, -0.2) is 4.79 Å². The molecule has 2 rings (SSSR count). The Morgan fingerprint density at radius 1 is 1.23 bits per heavy atom. The highest BCUT2D eigenvalue weighted by Crippen LogP contribution is 2.23. The normalized spacial score (nSPS) is 20.5. The summed E-state index contributed by atoms with van der Waals surface area (Å²) in [4.78, 5) is 34.7. The van der Waals surface area contributed by atoms with E-state index in [0.717, 1.165) is 0 Å². The standard InChI is InChI=1S/C15H18N2O5/c1-8-9(13(18)16-2)4-3-5-10(8)17-14(19)11-6-7-12(22-11)15(20)21/h3-5,11-12H,6-7H2,1-2H3,(H,16,18)(H,17,19)(H,20,21)/t11-,12+/m0/s1. The SMILES string of the molecule is CNC(=O)c1cccc(NC(=O)[C@@H]2CC[C@H](C(=O)O)O2)c1C. The Labute approximate surface area is 127 Å². The second-order valence-corrected chi connectivity index (χ2v) is 5.08. The summed E-state index contributed by atoms with van der Waals surface area (Å²) in [7, 11) is 1.53. The van der Waals surface area contributed by atoms with Crippen molar-refractivity contribution in [1.29, 1.82) is 0 Å². The lowest BCUT2D eigenvalue weighted by molar-refractivity contribution is -0.150. The topological polar surface area (TPSA) is 105 Å². The summed E-state index contributed by atoms with van der Waals surface area (Å²) in [6.45, 7) is 1.73. The van der Waals surface area contributed by atoms with Gasteiger partial charge in [0.1, 0.15) is 6.10 Å². The van der Waals surface area contributed by atoms with Crippen molar-refractivity contribution in [2.24, 2.45) is 0 Å². The van der Waals surface area contributed by atoms with E-state index in [1.54, 1.807) is 25.1 Å². The van der Waals surface area contributed by atoms with E-state index in [4.69, 9.17) is 9.84 Å². The molecule has 1 saturated heterocycles. The monoisotopic (exact) mass is 306 g/mol. The van der Waals surface area contributed by atoms with Crippen LogP contribution in [0, 0.1) is 6.92 Å². The van der Waals surface area contributed by atoms with Crippen LogP contribution < -0.4 is 10.6 Å². The van der Waals surface area contributed by atoms with E-state index < -0.39 is 24.1 Å². The molecule has 0 bridgehead atoms. The van der Waals surface area contributed by atoms with E-state index in [1.807, 2.05) is 0 Å². The number of ether oxygens (including phenoxy) is 1. The lowest BCUT2D eigenvalue weighted by atomic mass is 10.1. The fourth-order valence-electron chi connectivity index (χ4n) is 2.38. The maximum atomic E-state index is 12.2. The van der Waals surface area contributed by atoms with E-state index in [9.17, 15) is 14.4 Å². The predicted molar refractivity (Wildman–Crippen MR) is 78.7 cm³/mol. The molecule has 0 spiro atoms. The number of rotatable bonds is 4. The van der Waals surface area contributed by atoms with Gasteiger partial charge in [-0.2, -0.15) is 0 Å². The quantitative estimate of drug-likeness (QED) is 0.767. The fourth-order valence-corrected chi connectivity index (χ4v) is 2.38. The van der Waals surface area contributed by atoms with Gasteiger partial charge in [0.2, 0.25) is 0 Å². The van der Waals surface area contributed by atoms with Crippen LogP contribution in [0.2, 0.25) is 0 Å². The predicted octanol–water partition coefficient (Wildman–Crippen LogP) is 0.925. The number of hydrogen-bond acceptors (Lipinski definition) is 4. The van der Waals surface area contributed by atoms with Crippen LogP contribution in [0.25, 0.3) is 0 Å². The summed E-state index contributed by atoms with van der Waals surface area (Å²) in [5.41, 5.74) is 1.62. The third-order valence-corrected chi connectivity index (χ3v) is 3.65. The van der Waals surface area contributed by atoms with E-state index >= 15 is 0 Å². The lowest BCUT2D eigenvalue weighted by Crippen LogP contribution is -2.30. The average Bonchev–Trinajstić information content (AvgIpc) is 2.99. The van der Waals surface area contributed by atoms with Gasteiger partial charge in [0.15, 0.2) is 6.10 Å². The number of carboxylic acid groups (broad SMARTS) is 1. The molecule has 118 valence electrons. The van der Waals surface area contributed by atoms with Gasteiger partial charge in [0, 0.05) is 18.3 Å². The fraction of sp³-hybridized carbons (Fsp3) is 0.400. The molecule has 22 heavy (non-hydrogen) atoms. The van der Waals surface area contributed by atoms with Gasteiger partial charge < -0.3 is 20.5 Å². The highest BCUT2D eigenvalue weighted by molar-refractivity contribution is 6.00. The summed E-state index contributed by atoms with van der Waals surface area (Å²) in [5.74, 6) is -1.70. The summed E-state index contributed by atoms with van der Waals surface area (Å²) < 4.78 is 5.20. The Morgan fingerprint density at radius 3 is 2.50 bits per heavy atom. The molecule has 1 aliphatic heterocycles. The zero-order valence-corrected chi connectivity index (χ0v) is 12.4. The van der Waals surface area contributed by atoms with Gasteiger partial charge in [-0.1, -0.05) is 6.07 Å². The molecule has 1 aromatic rings. The van der Waals surface area contributed by atoms with E-state index in [-0.39, 0.29) is 5.91 Å². The first kappa shape index (κ1) is 16.0. The number of aliphatic carboxylic acids is 1. The molecule has 1 heterocycles. The van der Waals surface area contributed by atoms with Crippen molar-refractivity contribution in [3.8, 4) is 0 Å². The Balaban J connectivity index is 2.10. The first-order chi connectivity index (χ1) is 10.4. The zero-order valence-electron chi connectivity index (χ0n) is 12.4. The van der Waals surface area contributed by atoms with Gasteiger partial charge >= 0.3 is 5.97 Å². The van der Waals surface area contributed by atoms with Crippen LogP contribution in [0.15, 0.2) is 18.2 Å². The number of carbonyl (C=O) groups excluding carboxylic acids is 2. The molecule has 7 heteroatoms. The summed E-state index contributed by atoms with van der Waals surface area (Å²) in [6, 6.07) is 5.02. The molecule has 0 unspecified atom stereocenters. The largest absolute Gasteiger partial charge is 0.479 e. The number of nitrogens with one attached hydrogen (secondary N) is 2. The molecule has 1 fully saturated rings. The molecule has 0 radical (unpaired) electrons. The second kappa shape index (κ2) is 6.57. The third kappa shape index (κ3) is 3.25. The maximum Gasteiger partial charge on any atom is 0.332 e. The van der Waals surface area contributed by atoms with Gasteiger partial charge in [0.05, 0.1) is 0 Å². The third-order valence-electron chi connectivity index (χ3n) is 3.65. The molecule has 7 nitrogen and oxygen atoms in total. The van der Waals surface area contributed by atoms with Crippen molar-refractivity contribution in [3.63, 3.8) is 0 Å². The van der Waals surface area contributed by atoms with Crippen molar-refractivity contribution in [1.82, 2.24) is 5.32 Å². The minimum Gasteiger partial charge on any atom is -0.479 e. The molecule has 2 atom stereocenters. The molecule has 3 N–H and O–H groups in total. The van der Waals surface area contributed by atoms with Crippen LogP contribution in [0.5, 0.6) is 0 Å². The van der Waals surface area contributed by atoms with E-state index in [1.165, 1.54) is 7.05 Å². The van der Waals surface area contributed by atoms with Crippen LogP contribution in [0.4, 0.5) is 5.69 Å². The van der Waals surface area contributed by atoms with Gasteiger partial charge in [-0.05, 0) is 37.5 Å². The van der Waals surface area contributed by atoms with Gasteiger partial charge in [0.25, 0.3) is 11.8 Å². The molecular weight excluding hydrogens is 288 g/mol. The minimum absolute atomic E-state index is 0.239. The first-order valence-corrected chi connectivity index (χ1v) is 6.95. The summed E-state index contributed by atoms with van der Waals surface area (Å²) >= 11 is 0. The Hall–Kier alpha value is -2.41. The molecular formula is C15H18N2O5. The van der Waals surface area contributed by atoms with Crippen LogP contribution in [0.1, 0.15) is 28.8 Å². The number of carbonyl (C=O) groups is 3. The average molecular weight is 306 g/mol. The lowest BCUT2D eigenvalue weighted by Gasteiger charge is -2.15. The van der Waals surface area contributed by atoms with Crippen molar-refractivity contribution < 1.29 is 24.2 Å². The van der Waals surface area contributed by atoms with E-state index in [0.29, 0.717) is 29.7 Å². The van der Waals surface area contributed by atoms with Crippen LogP contribution in [-0.2, 0) is 14.3 Å². The molecule has 2 amide bonds. The molecule has 1 aliphatic rings. The summed E-state index contributed by atoms with van der Waals surface area (Å²) in [6.07, 6.45) is -1.06. The van der Waals surface area contributed by atoms with Gasteiger partial charge in [-0.15, -0.1) is 0 Å². The second-order valence-electron chi connectivity index (χ2n) is 5.08. The van der Waals surface area contributed by atoms with Gasteiger partial charge in [-0.3, -0.25) is 9.59 Å². The van der Waals surface area contributed by atoms with Crippen molar-refractivity contribution >= 4 is 23.5 Å². The minimum atomic E-state index is -1.06. The number of benzene rings is 1. The molecule has 1 aromatic carbocycles. The molecule has 0 aliphatic carbocycles. The van der Waals surface area contributed by atoms with Crippen molar-refractivity contribution in [3.05, 3.63) is 29.3 Å².